The molecule has 0 bridgehead atoms. The Morgan fingerprint density at radius 1 is 1.35 bits per heavy atom. The number of aromatic amines is 1. The number of hydrogen-bond acceptors (Lipinski definition) is 6. The number of carboxylic acids is 1. The lowest BCUT2D eigenvalue weighted by atomic mass is 10.1. The van der Waals surface area contributed by atoms with Crippen LogP contribution in [0.3, 0.4) is 0 Å². The molecule has 1 aliphatic carbocycles. The number of carboxylic acid groups (broad SMARTS) is 1. The van der Waals surface area contributed by atoms with Crippen LogP contribution in [0.2, 0.25) is 0 Å². The zero-order valence-corrected chi connectivity index (χ0v) is 13.7. The van der Waals surface area contributed by atoms with Crippen molar-refractivity contribution in [3.8, 4) is 28.6 Å². The van der Waals surface area contributed by atoms with Gasteiger partial charge in [0.15, 0.2) is 17.3 Å². The number of H-pyrrole nitrogens is 1. The van der Waals surface area contributed by atoms with Gasteiger partial charge in [-0.25, -0.2) is 14.8 Å². The average molecular weight is 353 g/mol. The van der Waals surface area contributed by atoms with Crippen LogP contribution in [0.25, 0.3) is 22.4 Å². The number of ether oxygens (including phenoxy) is 3. The van der Waals surface area contributed by atoms with Gasteiger partial charge in [0.05, 0.1) is 18.3 Å². The highest BCUT2D eigenvalue weighted by atomic mass is 16.7. The molecule has 0 unspecified atom stereocenters. The lowest BCUT2D eigenvalue weighted by Crippen LogP contribution is -2.03. The predicted molar refractivity (Wildman–Crippen MR) is 90.6 cm³/mol. The van der Waals surface area contributed by atoms with Crippen LogP contribution in [0.15, 0.2) is 24.5 Å². The van der Waals surface area contributed by atoms with Gasteiger partial charge in [-0.15, -0.1) is 0 Å². The van der Waals surface area contributed by atoms with Crippen LogP contribution in [-0.2, 0) is 0 Å². The fraction of sp³-hybridized carbons (Fsp3) is 0.278. The summed E-state index contributed by atoms with van der Waals surface area (Å²) in [6.07, 6.45) is 5.32. The quantitative estimate of drug-likeness (QED) is 0.726. The minimum atomic E-state index is -1.05. The summed E-state index contributed by atoms with van der Waals surface area (Å²) in [5.41, 5.74) is 1.57. The summed E-state index contributed by atoms with van der Waals surface area (Å²) in [5.74, 6) is 1.59. The predicted octanol–water partition coefficient (Wildman–Crippen LogP) is 2.84. The molecule has 0 spiro atoms. The molecule has 2 aliphatic rings. The van der Waals surface area contributed by atoms with Gasteiger partial charge in [-0.3, -0.25) is 0 Å². The first kappa shape index (κ1) is 15.0. The summed E-state index contributed by atoms with van der Waals surface area (Å²) in [7, 11) is 0. The van der Waals surface area contributed by atoms with E-state index in [0.717, 1.165) is 0 Å². The van der Waals surface area contributed by atoms with Gasteiger partial charge in [0, 0.05) is 6.20 Å². The molecule has 3 heterocycles. The Morgan fingerprint density at radius 2 is 2.23 bits per heavy atom. The molecule has 0 atom stereocenters. The van der Waals surface area contributed by atoms with Crippen LogP contribution in [0, 0.1) is 5.92 Å². The van der Waals surface area contributed by atoms with E-state index in [0.29, 0.717) is 52.2 Å². The van der Waals surface area contributed by atoms with Crippen LogP contribution >= 0.6 is 0 Å². The van der Waals surface area contributed by atoms with Crippen molar-refractivity contribution in [2.75, 3.05) is 13.4 Å². The molecule has 1 aliphatic heterocycles. The number of hydrogen-bond donors (Lipinski definition) is 2. The number of aromatic nitrogens is 3. The van der Waals surface area contributed by atoms with Crippen molar-refractivity contribution >= 4 is 17.0 Å². The van der Waals surface area contributed by atoms with Crippen LogP contribution in [0.5, 0.6) is 17.2 Å². The molecule has 0 amide bonds. The summed E-state index contributed by atoms with van der Waals surface area (Å²) in [6, 6.07) is 3.61. The molecule has 3 aromatic rings. The second-order valence-electron chi connectivity index (χ2n) is 6.39. The van der Waals surface area contributed by atoms with E-state index in [4.69, 9.17) is 14.2 Å². The molecule has 1 aromatic carbocycles. The summed E-state index contributed by atoms with van der Waals surface area (Å²) < 4.78 is 17.0. The van der Waals surface area contributed by atoms with Crippen LogP contribution in [0.1, 0.15) is 23.2 Å². The van der Waals surface area contributed by atoms with Gasteiger partial charge in [0.2, 0.25) is 6.79 Å². The Morgan fingerprint density at radius 3 is 3.04 bits per heavy atom. The normalized spacial score (nSPS) is 15.4. The highest BCUT2D eigenvalue weighted by molar-refractivity contribution is 6.01. The highest BCUT2D eigenvalue weighted by Gasteiger charge is 2.28. The second kappa shape index (κ2) is 5.62. The topological polar surface area (TPSA) is 107 Å². The molecule has 5 rings (SSSR count). The number of rotatable bonds is 5. The number of fused-ring (bicyclic) bond motifs is 2. The summed E-state index contributed by atoms with van der Waals surface area (Å²) >= 11 is 0. The molecule has 8 heteroatoms. The third kappa shape index (κ3) is 2.42. The number of nitrogens with one attached hydrogen (secondary N) is 1. The third-order valence-electron chi connectivity index (χ3n) is 4.54. The summed E-state index contributed by atoms with van der Waals surface area (Å²) in [6.45, 7) is 0.737. The number of nitrogens with zero attached hydrogens (tertiary/aromatic N) is 2. The summed E-state index contributed by atoms with van der Waals surface area (Å²) in [4.78, 5) is 23.1. The first-order chi connectivity index (χ1) is 12.7. The maximum absolute atomic E-state index is 11.4. The van der Waals surface area contributed by atoms with Crippen molar-refractivity contribution in [1.82, 2.24) is 15.0 Å². The molecular weight excluding hydrogens is 338 g/mol. The van der Waals surface area contributed by atoms with Gasteiger partial charge in [0.1, 0.15) is 22.4 Å². The molecule has 132 valence electrons. The molecule has 8 nitrogen and oxygen atoms in total. The lowest BCUT2D eigenvalue weighted by Gasteiger charge is -2.12. The van der Waals surface area contributed by atoms with Crippen molar-refractivity contribution in [2.45, 2.75) is 12.8 Å². The Bertz CT molecular complexity index is 1030. The largest absolute Gasteiger partial charge is 0.492 e. The molecule has 0 saturated heterocycles. The number of benzene rings is 1. The maximum atomic E-state index is 11.4. The van der Waals surface area contributed by atoms with Crippen LogP contribution in [-0.4, -0.2) is 39.4 Å². The monoisotopic (exact) mass is 353 g/mol. The van der Waals surface area contributed by atoms with E-state index < -0.39 is 5.97 Å². The van der Waals surface area contributed by atoms with Gasteiger partial charge < -0.3 is 24.3 Å². The van der Waals surface area contributed by atoms with E-state index in [1.807, 2.05) is 6.07 Å². The number of carbonyl (C=O) groups is 1. The van der Waals surface area contributed by atoms with E-state index in [1.54, 1.807) is 12.3 Å². The van der Waals surface area contributed by atoms with Gasteiger partial charge in [-0.05, 0) is 30.9 Å². The minimum Gasteiger partial charge on any atom is -0.492 e. The fourth-order valence-electron chi connectivity index (χ4n) is 2.97. The highest BCUT2D eigenvalue weighted by Crippen LogP contribution is 2.46. The fourth-order valence-corrected chi connectivity index (χ4v) is 2.97. The Hall–Kier alpha value is -3.29. The van der Waals surface area contributed by atoms with E-state index in [1.165, 1.54) is 19.0 Å². The Kier molecular flexibility index (Phi) is 3.24. The number of aromatic carboxylic acids is 1. The Labute approximate surface area is 147 Å². The smallest absolute Gasteiger partial charge is 0.339 e. The van der Waals surface area contributed by atoms with Crippen molar-refractivity contribution in [1.29, 1.82) is 0 Å². The zero-order valence-electron chi connectivity index (χ0n) is 13.7. The van der Waals surface area contributed by atoms with E-state index in [2.05, 4.69) is 15.0 Å². The molecule has 26 heavy (non-hydrogen) atoms. The SMILES string of the molecule is O=C(O)c1c[nH]c2cnc(-c3c(OCC4CC4)ccc4c3OCO4)nc12. The molecule has 1 fully saturated rings. The molecule has 1 saturated carbocycles. The van der Waals surface area contributed by atoms with Gasteiger partial charge >= 0.3 is 5.97 Å². The molecule has 2 N–H and O–H groups in total. The molecule has 2 aromatic heterocycles. The van der Waals surface area contributed by atoms with Crippen molar-refractivity contribution in [3.05, 3.63) is 30.1 Å². The van der Waals surface area contributed by atoms with E-state index >= 15 is 0 Å². The van der Waals surface area contributed by atoms with Gasteiger partial charge in [-0.2, -0.15) is 0 Å². The average Bonchev–Trinajstić information content (AvgIpc) is 3.17. The molecule has 0 radical (unpaired) electrons. The van der Waals surface area contributed by atoms with E-state index in [-0.39, 0.29) is 12.4 Å². The zero-order chi connectivity index (χ0) is 17.7. The van der Waals surface area contributed by atoms with Crippen molar-refractivity contribution in [2.24, 2.45) is 5.92 Å². The summed E-state index contributed by atoms with van der Waals surface area (Å²) in [5, 5.41) is 9.35. The van der Waals surface area contributed by atoms with Crippen molar-refractivity contribution < 1.29 is 24.1 Å². The first-order valence-electron chi connectivity index (χ1n) is 8.34. The Balaban J connectivity index is 1.66. The lowest BCUT2D eigenvalue weighted by molar-refractivity contribution is 0.0699. The van der Waals surface area contributed by atoms with Gasteiger partial charge in [0.25, 0.3) is 0 Å². The standard InChI is InChI=1S/C18H15N3O5/c22-18(23)10-5-19-11-6-20-17(21-15(10)11)14-12(24-7-9-1-2-9)3-4-13-16(14)26-8-25-13/h3-6,9,19H,1-2,7-8H2,(H,22,23). The maximum Gasteiger partial charge on any atom is 0.339 e. The van der Waals surface area contributed by atoms with Gasteiger partial charge in [-0.1, -0.05) is 0 Å². The second-order valence-corrected chi connectivity index (χ2v) is 6.39. The molecular formula is C18H15N3O5. The van der Waals surface area contributed by atoms with E-state index in [9.17, 15) is 9.90 Å². The first-order valence-corrected chi connectivity index (χ1v) is 8.34. The van der Waals surface area contributed by atoms with Crippen LogP contribution < -0.4 is 14.2 Å². The minimum absolute atomic E-state index is 0.0915. The van der Waals surface area contributed by atoms with Crippen molar-refractivity contribution in [3.63, 3.8) is 0 Å². The third-order valence-corrected chi connectivity index (χ3v) is 4.54. The van der Waals surface area contributed by atoms with Crippen LogP contribution in [0.4, 0.5) is 0 Å².